The van der Waals surface area contributed by atoms with E-state index in [0.717, 1.165) is 76.8 Å². The van der Waals surface area contributed by atoms with E-state index in [0.29, 0.717) is 25.3 Å². The molecule has 41 heavy (non-hydrogen) atoms. The molecule has 7 rings (SSSR count). The predicted molar refractivity (Wildman–Crippen MR) is 156 cm³/mol. The number of aromatic nitrogens is 3. The molecule has 3 aliphatic heterocycles. The summed E-state index contributed by atoms with van der Waals surface area (Å²) in [6, 6.07) is 16.4. The normalized spacial score (nSPS) is 17.5. The monoisotopic (exact) mass is 552 g/mol. The Labute approximate surface area is 240 Å². The molecule has 4 aromatic rings. The summed E-state index contributed by atoms with van der Waals surface area (Å²) in [5.74, 6) is 0.266. The molecule has 0 aliphatic carbocycles. The summed E-state index contributed by atoms with van der Waals surface area (Å²) < 4.78 is 13.1. The van der Waals surface area contributed by atoms with Gasteiger partial charge < -0.3 is 14.4 Å². The Balaban J connectivity index is 1.44. The summed E-state index contributed by atoms with van der Waals surface area (Å²) in [5.41, 5.74) is 8.90. The van der Waals surface area contributed by atoms with Gasteiger partial charge in [-0.15, -0.1) is 5.10 Å². The van der Waals surface area contributed by atoms with Gasteiger partial charge in [-0.2, -0.15) is 0 Å². The SMILES string of the molecule is COC(=O)CC1c2ccc3c(c2)CN(CC3)C(=O)c2cc(ccc2C)OCCCCCn2nnc3c(C)c1ccc32. The third-order valence-corrected chi connectivity index (χ3v) is 8.61. The molecule has 3 aliphatic rings. The fourth-order valence-corrected chi connectivity index (χ4v) is 6.17. The number of hydrogen-bond acceptors (Lipinski definition) is 6. The number of esters is 1. The van der Waals surface area contributed by atoms with E-state index >= 15 is 0 Å². The van der Waals surface area contributed by atoms with E-state index in [2.05, 4.69) is 47.6 Å². The van der Waals surface area contributed by atoms with Crippen molar-refractivity contribution in [2.45, 2.75) is 65.0 Å². The molecule has 0 radical (unpaired) electrons. The topological polar surface area (TPSA) is 86.5 Å². The van der Waals surface area contributed by atoms with Crippen LogP contribution in [-0.2, 0) is 29.0 Å². The van der Waals surface area contributed by atoms with Gasteiger partial charge in [0.25, 0.3) is 5.91 Å². The van der Waals surface area contributed by atoms with Crippen LogP contribution in [0.1, 0.15) is 75.3 Å². The second-order valence-electron chi connectivity index (χ2n) is 11.2. The average Bonchev–Trinajstić information content (AvgIpc) is 3.41. The molecule has 0 fully saturated rings. The number of hydrogen-bond donors (Lipinski definition) is 0. The summed E-state index contributed by atoms with van der Waals surface area (Å²) in [6.07, 6.45) is 3.85. The number of amides is 1. The third-order valence-electron chi connectivity index (χ3n) is 8.61. The maximum absolute atomic E-state index is 13.7. The third kappa shape index (κ3) is 5.31. The molecule has 1 amide bonds. The molecule has 1 unspecified atom stereocenters. The minimum absolute atomic E-state index is 0.0182. The van der Waals surface area contributed by atoms with E-state index in [1.807, 2.05) is 34.7 Å². The summed E-state index contributed by atoms with van der Waals surface area (Å²) in [7, 11) is 1.43. The summed E-state index contributed by atoms with van der Waals surface area (Å²) in [6.45, 7) is 6.57. The van der Waals surface area contributed by atoms with Crippen LogP contribution >= 0.6 is 0 Å². The standard InChI is InChI=1S/C33H36N4O4/c1-21-7-10-26-18-28(21)33(39)36-15-13-23-8-9-24(17-25(23)20-36)29(19-31(38)40-3)27-11-12-30-32(22(27)2)34-35-37(30)14-5-4-6-16-41-26/h7-12,17-18,29H,4-6,13-16,19-20H2,1-3H3. The van der Waals surface area contributed by atoms with Crippen molar-refractivity contribution >= 4 is 22.9 Å². The molecular formula is C33H36N4O4. The van der Waals surface area contributed by atoms with E-state index < -0.39 is 0 Å². The highest BCUT2D eigenvalue weighted by Gasteiger charge is 2.27. The Bertz CT molecular complexity index is 1630. The number of methoxy groups -OCH3 is 1. The lowest BCUT2D eigenvalue weighted by Gasteiger charge is -2.30. The van der Waals surface area contributed by atoms with Gasteiger partial charge in [-0.1, -0.05) is 35.5 Å². The van der Waals surface area contributed by atoms with Crippen LogP contribution in [0.3, 0.4) is 0 Å². The van der Waals surface area contributed by atoms with Crippen molar-refractivity contribution in [2.75, 3.05) is 20.3 Å². The molecular weight excluding hydrogens is 516 g/mol. The Hall–Kier alpha value is -4.20. The Morgan fingerprint density at radius 1 is 1.02 bits per heavy atom. The maximum atomic E-state index is 13.7. The highest BCUT2D eigenvalue weighted by atomic mass is 16.5. The van der Waals surface area contributed by atoms with Crippen LogP contribution in [0.5, 0.6) is 5.75 Å². The molecule has 0 N–H and O–H groups in total. The number of nitrogens with zero attached hydrogens (tertiary/aromatic N) is 4. The van der Waals surface area contributed by atoms with Gasteiger partial charge in [0, 0.05) is 31.1 Å². The van der Waals surface area contributed by atoms with E-state index in [-0.39, 0.29) is 24.2 Å². The summed E-state index contributed by atoms with van der Waals surface area (Å²) >= 11 is 0. The van der Waals surface area contributed by atoms with E-state index in [4.69, 9.17) is 9.47 Å². The summed E-state index contributed by atoms with van der Waals surface area (Å²) in [5, 5.41) is 9.00. The fraction of sp³-hybridized carbons (Fsp3) is 0.394. The van der Waals surface area contributed by atoms with Crippen LogP contribution < -0.4 is 4.74 Å². The molecule has 0 spiro atoms. The summed E-state index contributed by atoms with van der Waals surface area (Å²) in [4.78, 5) is 28.3. The van der Waals surface area contributed by atoms with Gasteiger partial charge in [0.15, 0.2) is 0 Å². The van der Waals surface area contributed by atoms with Gasteiger partial charge in [0.1, 0.15) is 11.3 Å². The number of carbonyl (C=O) groups excluding carboxylic acids is 2. The van der Waals surface area contributed by atoms with Gasteiger partial charge in [0.2, 0.25) is 0 Å². The van der Waals surface area contributed by atoms with Crippen molar-refractivity contribution in [2.24, 2.45) is 0 Å². The zero-order chi connectivity index (χ0) is 28.5. The molecule has 0 saturated carbocycles. The van der Waals surface area contributed by atoms with Gasteiger partial charge in [-0.25, -0.2) is 4.68 Å². The molecule has 4 heterocycles. The van der Waals surface area contributed by atoms with Gasteiger partial charge in [0.05, 0.1) is 25.7 Å². The number of rotatable bonds is 2. The van der Waals surface area contributed by atoms with E-state index in [1.165, 1.54) is 12.7 Å². The van der Waals surface area contributed by atoms with Crippen molar-refractivity contribution in [1.82, 2.24) is 19.9 Å². The molecule has 8 nitrogen and oxygen atoms in total. The number of aryl methyl sites for hydroxylation is 3. The molecule has 0 saturated heterocycles. The fourth-order valence-electron chi connectivity index (χ4n) is 6.17. The molecule has 9 bridgehead atoms. The van der Waals surface area contributed by atoms with Gasteiger partial charge >= 0.3 is 5.97 Å². The first-order valence-corrected chi connectivity index (χ1v) is 14.5. The van der Waals surface area contributed by atoms with Crippen molar-refractivity contribution in [3.8, 4) is 5.75 Å². The number of fused-ring (bicyclic) bond motifs is 6. The van der Waals surface area contributed by atoms with Crippen molar-refractivity contribution in [3.05, 3.63) is 87.5 Å². The highest BCUT2D eigenvalue weighted by molar-refractivity contribution is 5.96. The molecule has 3 aromatic carbocycles. The van der Waals surface area contributed by atoms with Crippen molar-refractivity contribution in [3.63, 3.8) is 0 Å². The van der Waals surface area contributed by atoms with E-state index in [9.17, 15) is 9.59 Å². The average molecular weight is 553 g/mol. The first-order chi connectivity index (χ1) is 19.9. The van der Waals surface area contributed by atoms with Crippen LogP contribution in [0, 0.1) is 13.8 Å². The quantitative estimate of drug-likeness (QED) is 0.305. The van der Waals surface area contributed by atoms with Crippen molar-refractivity contribution in [1.29, 1.82) is 0 Å². The van der Waals surface area contributed by atoms with Crippen LogP contribution in [0.15, 0.2) is 48.5 Å². The smallest absolute Gasteiger partial charge is 0.306 e. The Kier molecular flexibility index (Phi) is 7.47. The zero-order valence-electron chi connectivity index (χ0n) is 24.0. The number of benzene rings is 3. The minimum Gasteiger partial charge on any atom is -0.494 e. The van der Waals surface area contributed by atoms with Crippen LogP contribution in [0.2, 0.25) is 0 Å². The maximum Gasteiger partial charge on any atom is 0.306 e. The second kappa shape index (κ2) is 11.4. The van der Waals surface area contributed by atoms with E-state index in [1.54, 1.807) is 0 Å². The number of ether oxygens (including phenoxy) is 2. The lowest BCUT2D eigenvalue weighted by molar-refractivity contribution is -0.140. The van der Waals surface area contributed by atoms with Gasteiger partial charge in [-0.3, -0.25) is 9.59 Å². The molecule has 1 aromatic heterocycles. The molecule has 8 heteroatoms. The first-order valence-electron chi connectivity index (χ1n) is 14.5. The minimum atomic E-state index is -0.268. The number of carbonyl (C=O) groups is 2. The first kappa shape index (κ1) is 27.0. The second-order valence-corrected chi connectivity index (χ2v) is 11.2. The van der Waals surface area contributed by atoms with Crippen LogP contribution in [0.25, 0.3) is 11.0 Å². The Morgan fingerprint density at radius 2 is 1.90 bits per heavy atom. The highest BCUT2D eigenvalue weighted by Crippen LogP contribution is 2.36. The molecule has 1 atom stereocenters. The van der Waals surface area contributed by atoms with Gasteiger partial charge in [-0.05, 0) is 91.1 Å². The van der Waals surface area contributed by atoms with Crippen molar-refractivity contribution < 1.29 is 19.1 Å². The van der Waals surface area contributed by atoms with Crippen LogP contribution in [0.4, 0.5) is 0 Å². The lowest BCUT2D eigenvalue weighted by Crippen LogP contribution is -2.36. The lowest BCUT2D eigenvalue weighted by atomic mass is 9.83. The largest absolute Gasteiger partial charge is 0.494 e. The van der Waals surface area contributed by atoms with Crippen LogP contribution in [-0.4, -0.2) is 52.0 Å². The predicted octanol–water partition coefficient (Wildman–Crippen LogP) is 5.50. The molecule has 212 valence electrons. The Morgan fingerprint density at radius 3 is 2.76 bits per heavy atom. The zero-order valence-corrected chi connectivity index (χ0v) is 24.0.